The molecule has 2 unspecified atom stereocenters. The number of rotatable bonds is 0. The lowest BCUT2D eigenvalue weighted by Gasteiger charge is -2.53. The van der Waals surface area contributed by atoms with Crippen LogP contribution in [0.1, 0.15) is 19.3 Å². The number of nitrogens with two attached hydrogens (primary N) is 1. The lowest BCUT2D eigenvalue weighted by molar-refractivity contribution is -0.0114. The van der Waals surface area contributed by atoms with Crippen molar-refractivity contribution in [2.75, 3.05) is 7.05 Å². The summed E-state index contributed by atoms with van der Waals surface area (Å²) >= 11 is 0. The first-order valence-corrected chi connectivity index (χ1v) is 3.75. The summed E-state index contributed by atoms with van der Waals surface area (Å²) in [6.45, 7) is 0. The van der Waals surface area contributed by atoms with Gasteiger partial charge in [-0.3, -0.25) is 0 Å². The first kappa shape index (κ1) is 5.69. The van der Waals surface area contributed by atoms with E-state index in [4.69, 9.17) is 5.73 Å². The molecule has 0 aromatic rings. The Balaban J connectivity index is 2.01. The van der Waals surface area contributed by atoms with Crippen molar-refractivity contribution in [2.45, 2.75) is 37.4 Å². The Morgan fingerprint density at radius 1 is 1.22 bits per heavy atom. The molecular formula is C7H14N2. The van der Waals surface area contributed by atoms with Gasteiger partial charge in [-0.05, 0) is 26.3 Å². The molecule has 3 rings (SSSR count). The maximum Gasteiger partial charge on any atom is 0.0125 e. The van der Waals surface area contributed by atoms with Crippen LogP contribution in [0, 0.1) is 0 Å². The molecule has 1 aliphatic carbocycles. The Morgan fingerprint density at radius 2 is 1.78 bits per heavy atom. The average molecular weight is 126 g/mol. The first-order chi connectivity index (χ1) is 4.27. The maximum atomic E-state index is 5.79. The quantitative estimate of drug-likeness (QED) is 0.501. The normalized spacial score (nSPS) is 50.7. The average Bonchev–Trinajstić information content (AvgIpc) is 1.87. The topological polar surface area (TPSA) is 29.3 Å². The van der Waals surface area contributed by atoms with Crippen LogP contribution < -0.4 is 5.73 Å². The third kappa shape index (κ3) is 0.700. The Hall–Kier alpha value is -0.0800. The van der Waals surface area contributed by atoms with Crippen LogP contribution in [0.15, 0.2) is 0 Å². The van der Waals surface area contributed by atoms with Gasteiger partial charge in [-0.15, -0.1) is 0 Å². The number of nitrogens with zero attached hydrogens (tertiary/aromatic N) is 1. The number of hydrogen-bond acceptors (Lipinski definition) is 2. The van der Waals surface area contributed by atoms with Crippen LogP contribution in [0.4, 0.5) is 0 Å². The highest BCUT2D eigenvalue weighted by Gasteiger charge is 2.41. The maximum absolute atomic E-state index is 5.79. The second-order valence-corrected chi connectivity index (χ2v) is 3.44. The fourth-order valence-electron chi connectivity index (χ4n) is 2.13. The molecule has 3 fully saturated rings. The van der Waals surface area contributed by atoms with Crippen LogP contribution in [-0.2, 0) is 0 Å². The predicted molar refractivity (Wildman–Crippen MR) is 37.2 cm³/mol. The van der Waals surface area contributed by atoms with Crippen molar-refractivity contribution in [2.24, 2.45) is 5.73 Å². The Bertz CT molecular complexity index is 112. The van der Waals surface area contributed by atoms with Gasteiger partial charge in [0.05, 0.1) is 0 Å². The zero-order valence-corrected chi connectivity index (χ0v) is 5.88. The number of piperidine rings is 1. The summed E-state index contributed by atoms with van der Waals surface area (Å²) < 4.78 is 0. The molecule has 2 nitrogen and oxygen atoms in total. The monoisotopic (exact) mass is 126 g/mol. The second-order valence-electron chi connectivity index (χ2n) is 3.44. The summed E-state index contributed by atoms with van der Waals surface area (Å²) in [7, 11) is 2.21. The molecule has 2 N–H and O–H groups in total. The van der Waals surface area contributed by atoms with E-state index in [1.807, 2.05) is 0 Å². The van der Waals surface area contributed by atoms with Crippen LogP contribution in [-0.4, -0.2) is 30.1 Å². The Labute approximate surface area is 56.0 Å². The molecule has 2 bridgehead atoms. The van der Waals surface area contributed by atoms with Crippen LogP contribution >= 0.6 is 0 Å². The number of hydrogen-bond donors (Lipinski definition) is 1. The Morgan fingerprint density at radius 3 is 2.11 bits per heavy atom. The third-order valence-electron chi connectivity index (χ3n) is 2.85. The zero-order valence-electron chi connectivity index (χ0n) is 5.88. The minimum Gasteiger partial charge on any atom is -0.328 e. The fraction of sp³-hybridized carbons (Fsp3) is 1.00. The summed E-state index contributed by atoms with van der Waals surface area (Å²) in [6.07, 6.45) is 3.87. The molecule has 2 atom stereocenters. The van der Waals surface area contributed by atoms with Gasteiger partial charge in [0.25, 0.3) is 0 Å². The molecule has 2 heteroatoms. The summed E-state index contributed by atoms with van der Waals surface area (Å²) in [5.41, 5.74) is 5.79. The van der Waals surface area contributed by atoms with E-state index in [0.29, 0.717) is 6.04 Å². The van der Waals surface area contributed by atoms with E-state index >= 15 is 0 Å². The van der Waals surface area contributed by atoms with E-state index in [1.165, 1.54) is 19.3 Å². The molecule has 52 valence electrons. The molecule has 0 aromatic carbocycles. The molecule has 0 aromatic heterocycles. The Kier molecular flexibility index (Phi) is 1.08. The lowest BCUT2D eigenvalue weighted by Crippen LogP contribution is -2.61. The first-order valence-electron chi connectivity index (χ1n) is 3.75. The molecule has 0 amide bonds. The predicted octanol–water partition coefficient (Wildman–Crippen LogP) is 0.180. The molecule has 2 aliphatic heterocycles. The highest BCUT2D eigenvalue weighted by molar-refractivity contribution is 4.99. The summed E-state index contributed by atoms with van der Waals surface area (Å²) in [4.78, 5) is 2.46. The zero-order chi connectivity index (χ0) is 6.43. The minimum absolute atomic E-state index is 0.505. The van der Waals surface area contributed by atoms with Crippen LogP contribution in [0.25, 0.3) is 0 Å². The van der Waals surface area contributed by atoms with Crippen molar-refractivity contribution in [3.8, 4) is 0 Å². The van der Waals surface area contributed by atoms with E-state index in [0.717, 1.165) is 12.1 Å². The van der Waals surface area contributed by atoms with E-state index in [9.17, 15) is 0 Å². The van der Waals surface area contributed by atoms with E-state index in [1.54, 1.807) is 0 Å². The van der Waals surface area contributed by atoms with Gasteiger partial charge in [0, 0.05) is 18.1 Å². The third-order valence-corrected chi connectivity index (χ3v) is 2.85. The highest BCUT2D eigenvalue weighted by atomic mass is 15.2. The smallest absolute Gasteiger partial charge is 0.0125 e. The SMILES string of the molecule is CN1C2CC(N)CC1C2. The van der Waals surface area contributed by atoms with E-state index in [-0.39, 0.29) is 0 Å². The van der Waals surface area contributed by atoms with Crippen molar-refractivity contribution in [1.29, 1.82) is 0 Å². The highest BCUT2D eigenvalue weighted by Crippen LogP contribution is 2.35. The molecule has 9 heavy (non-hydrogen) atoms. The fourth-order valence-corrected chi connectivity index (χ4v) is 2.13. The standard InChI is InChI=1S/C7H14N2/c1-9-6-2-5(8)3-7(9)4-6/h5-7H,2-4,8H2,1H3. The van der Waals surface area contributed by atoms with Crippen molar-refractivity contribution in [1.82, 2.24) is 4.90 Å². The van der Waals surface area contributed by atoms with Crippen LogP contribution in [0.3, 0.4) is 0 Å². The van der Waals surface area contributed by atoms with Gasteiger partial charge in [-0.1, -0.05) is 0 Å². The molecule has 1 saturated carbocycles. The van der Waals surface area contributed by atoms with Crippen molar-refractivity contribution in [3.05, 3.63) is 0 Å². The van der Waals surface area contributed by atoms with Gasteiger partial charge in [0.15, 0.2) is 0 Å². The molecule has 2 heterocycles. The minimum atomic E-state index is 0.505. The van der Waals surface area contributed by atoms with E-state index in [2.05, 4.69) is 11.9 Å². The van der Waals surface area contributed by atoms with Crippen LogP contribution in [0.2, 0.25) is 0 Å². The van der Waals surface area contributed by atoms with Gasteiger partial charge in [0.1, 0.15) is 0 Å². The summed E-state index contributed by atoms with van der Waals surface area (Å²) in [5, 5.41) is 0. The lowest BCUT2D eigenvalue weighted by atomic mass is 9.78. The molecule has 2 saturated heterocycles. The van der Waals surface area contributed by atoms with E-state index < -0.39 is 0 Å². The molecular weight excluding hydrogens is 112 g/mol. The van der Waals surface area contributed by atoms with Gasteiger partial charge in [0.2, 0.25) is 0 Å². The van der Waals surface area contributed by atoms with Crippen molar-refractivity contribution in [3.63, 3.8) is 0 Å². The summed E-state index contributed by atoms with van der Waals surface area (Å²) in [6, 6.07) is 2.17. The molecule has 0 radical (unpaired) electrons. The van der Waals surface area contributed by atoms with Gasteiger partial charge in [-0.25, -0.2) is 0 Å². The summed E-state index contributed by atoms with van der Waals surface area (Å²) in [5.74, 6) is 0. The largest absolute Gasteiger partial charge is 0.328 e. The van der Waals surface area contributed by atoms with Crippen molar-refractivity contribution >= 4 is 0 Å². The van der Waals surface area contributed by atoms with Crippen molar-refractivity contribution < 1.29 is 0 Å². The molecule has 3 aliphatic rings. The van der Waals surface area contributed by atoms with Gasteiger partial charge in [-0.2, -0.15) is 0 Å². The molecule has 0 spiro atoms. The second kappa shape index (κ2) is 1.70. The van der Waals surface area contributed by atoms with Gasteiger partial charge < -0.3 is 10.6 Å². The van der Waals surface area contributed by atoms with Gasteiger partial charge >= 0.3 is 0 Å². The van der Waals surface area contributed by atoms with Crippen LogP contribution in [0.5, 0.6) is 0 Å². The number of fused-ring (bicyclic) bond motifs is 2.